The van der Waals surface area contributed by atoms with Crippen LogP contribution in [-0.2, 0) is 0 Å². The molecule has 0 aliphatic heterocycles. The molecule has 138 valence electrons. The van der Waals surface area contributed by atoms with E-state index in [-0.39, 0.29) is 5.11 Å². The summed E-state index contributed by atoms with van der Waals surface area (Å²) in [6.45, 7) is 0. The molecule has 26 heavy (non-hydrogen) atoms. The van der Waals surface area contributed by atoms with Crippen molar-refractivity contribution in [1.29, 1.82) is 0 Å². The van der Waals surface area contributed by atoms with E-state index in [1.165, 1.54) is 0 Å². The Morgan fingerprint density at radius 3 is 1.92 bits per heavy atom. The highest BCUT2D eigenvalue weighted by molar-refractivity contribution is 9.10. The second-order valence-electron chi connectivity index (χ2n) is 5.06. The lowest BCUT2D eigenvalue weighted by Gasteiger charge is -2.27. The fourth-order valence-electron chi connectivity index (χ4n) is 1.85. The maximum atomic E-state index is 12.4. The Bertz CT molecular complexity index is 783. The predicted octanol–water partition coefficient (Wildman–Crippen LogP) is 5.62. The van der Waals surface area contributed by atoms with Crippen molar-refractivity contribution in [3.63, 3.8) is 0 Å². The van der Waals surface area contributed by atoms with Gasteiger partial charge in [0.1, 0.15) is 6.17 Å². The molecule has 2 aromatic carbocycles. The number of hydrogen-bond donors (Lipinski definition) is 3. The maximum Gasteiger partial charge on any atom is 0.252 e. The third-order valence-corrected chi connectivity index (χ3v) is 5.02. The molecule has 2 rings (SSSR count). The van der Waals surface area contributed by atoms with Gasteiger partial charge in [-0.1, -0.05) is 66.7 Å². The molecule has 2 aromatic rings. The molecule has 0 saturated carbocycles. The zero-order valence-electron chi connectivity index (χ0n) is 12.9. The minimum absolute atomic E-state index is 0.194. The van der Waals surface area contributed by atoms with Gasteiger partial charge >= 0.3 is 0 Å². The fourth-order valence-corrected chi connectivity index (χ4v) is 2.94. The highest BCUT2D eigenvalue weighted by atomic mass is 79.9. The quantitative estimate of drug-likeness (QED) is 0.258. The van der Waals surface area contributed by atoms with Crippen LogP contribution in [0.1, 0.15) is 10.4 Å². The van der Waals surface area contributed by atoms with Crippen molar-refractivity contribution in [1.82, 2.24) is 10.6 Å². The molecule has 0 saturated heterocycles. The number of benzene rings is 2. The van der Waals surface area contributed by atoms with Crippen LogP contribution < -0.4 is 16.0 Å². The zero-order valence-corrected chi connectivity index (χ0v) is 19.2. The van der Waals surface area contributed by atoms with Crippen LogP contribution in [-0.4, -0.2) is 21.0 Å². The first-order chi connectivity index (χ1) is 12.1. The molecular formula is C16H12Br2Cl3N3OS. The summed E-state index contributed by atoms with van der Waals surface area (Å²) in [5.41, 5.74) is 1.16. The average Bonchev–Trinajstić information content (AvgIpc) is 2.56. The maximum absolute atomic E-state index is 12.4. The van der Waals surface area contributed by atoms with E-state index in [1.54, 1.807) is 24.3 Å². The van der Waals surface area contributed by atoms with Gasteiger partial charge in [0.05, 0.1) is 0 Å². The van der Waals surface area contributed by atoms with E-state index in [4.69, 9.17) is 47.0 Å². The molecule has 0 radical (unpaired) electrons. The molecule has 0 aromatic heterocycles. The van der Waals surface area contributed by atoms with Crippen LogP contribution in [0.15, 0.2) is 57.5 Å². The van der Waals surface area contributed by atoms with E-state index in [0.717, 1.165) is 14.6 Å². The number of alkyl halides is 3. The van der Waals surface area contributed by atoms with Gasteiger partial charge in [0.2, 0.25) is 3.79 Å². The smallest absolute Gasteiger partial charge is 0.252 e. The second-order valence-corrected chi connectivity index (χ2v) is 9.67. The Kier molecular flexibility index (Phi) is 8.00. The molecule has 0 spiro atoms. The van der Waals surface area contributed by atoms with Gasteiger partial charge in [-0.25, -0.2) is 0 Å². The fraction of sp³-hybridized carbons (Fsp3) is 0.125. The van der Waals surface area contributed by atoms with Gasteiger partial charge < -0.3 is 16.0 Å². The van der Waals surface area contributed by atoms with Gasteiger partial charge in [-0.3, -0.25) is 4.79 Å². The first kappa shape index (κ1) is 21.7. The van der Waals surface area contributed by atoms with E-state index < -0.39 is 15.9 Å². The Hall–Kier alpha value is -0.570. The number of thiocarbonyl (C=S) groups is 1. The van der Waals surface area contributed by atoms with Gasteiger partial charge in [0, 0.05) is 20.2 Å². The average molecular weight is 561 g/mol. The first-order valence-corrected chi connectivity index (χ1v) is 10.2. The van der Waals surface area contributed by atoms with E-state index in [2.05, 4.69) is 47.8 Å². The standard InChI is InChI=1S/C16H12Br2Cl3N3OS/c17-10-3-1-9(2-4-10)13(25)23-14(16(19,20)21)24-15(26)22-12-7-5-11(18)6-8-12/h1-8,14H,(H,23,25)(H2,22,24,26). The van der Waals surface area contributed by atoms with Crippen molar-refractivity contribution in [2.45, 2.75) is 9.96 Å². The number of anilines is 1. The number of rotatable bonds is 4. The number of nitrogens with one attached hydrogen (secondary N) is 3. The number of amides is 1. The number of hydrogen-bond acceptors (Lipinski definition) is 2. The van der Waals surface area contributed by atoms with Crippen LogP contribution in [0.25, 0.3) is 0 Å². The van der Waals surface area contributed by atoms with Crippen LogP contribution in [0.4, 0.5) is 5.69 Å². The Labute approximate surface area is 188 Å². The van der Waals surface area contributed by atoms with E-state index in [9.17, 15) is 4.79 Å². The highest BCUT2D eigenvalue weighted by Crippen LogP contribution is 2.29. The van der Waals surface area contributed by atoms with Gasteiger partial charge in [-0.15, -0.1) is 0 Å². The Morgan fingerprint density at radius 1 is 0.923 bits per heavy atom. The van der Waals surface area contributed by atoms with Crippen molar-refractivity contribution < 1.29 is 4.79 Å². The SMILES string of the molecule is O=C(NC(NC(=S)Nc1ccc(Br)cc1)C(Cl)(Cl)Cl)c1ccc(Br)cc1. The lowest BCUT2D eigenvalue weighted by molar-refractivity contribution is 0.0934. The minimum atomic E-state index is -1.82. The lowest BCUT2D eigenvalue weighted by atomic mass is 10.2. The predicted molar refractivity (Wildman–Crippen MR) is 119 cm³/mol. The van der Waals surface area contributed by atoms with Gasteiger partial charge in [0.15, 0.2) is 5.11 Å². The van der Waals surface area contributed by atoms with Crippen LogP contribution in [0.5, 0.6) is 0 Å². The van der Waals surface area contributed by atoms with E-state index in [0.29, 0.717) is 5.56 Å². The molecule has 0 fully saturated rings. The Morgan fingerprint density at radius 2 is 1.42 bits per heavy atom. The minimum Gasteiger partial charge on any atom is -0.339 e. The molecular weight excluding hydrogens is 548 g/mol. The van der Waals surface area contributed by atoms with E-state index in [1.807, 2.05) is 24.3 Å². The molecule has 0 aliphatic carbocycles. The van der Waals surface area contributed by atoms with Crippen LogP contribution in [0.3, 0.4) is 0 Å². The summed E-state index contributed by atoms with van der Waals surface area (Å²) in [7, 11) is 0. The third kappa shape index (κ3) is 6.87. The lowest BCUT2D eigenvalue weighted by Crippen LogP contribution is -2.56. The van der Waals surface area contributed by atoms with Crippen molar-refractivity contribution in [2.24, 2.45) is 0 Å². The zero-order chi connectivity index (χ0) is 19.3. The summed E-state index contributed by atoms with van der Waals surface area (Å²) >= 11 is 29.8. The topological polar surface area (TPSA) is 53.2 Å². The third-order valence-electron chi connectivity index (χ3n) is 3.09. The summed E-state index contributed by atoms with van der Waals surface area (Å²) < 4.78 is -0.0379. The van der Waals surface area contributed by atoms with E-state index >= 15 is 0 Å². The Balaban J connectivity index is 2.04. The molecule has 3 N–H and O–H groups in total. The second kappa shape index (κ2) is 9.57. The van der Waals surface area contributed by atoms with Crippen molar-refractivity contribution >= 4 is 95.6 Å². The summed E-state index contributed by atoms with van der Waals surface area (Å²) in [5, 5.41) is 8.58. The summed E-state index contributed by atoms with van der Waals surface area (Å²) in [5.74, 6) is -0.409. The van der Waals surface area contributed by atoms with Crippen LogP contribution in [0, 0.1) is 0 Å². The normalized spacial score (nSPS) is 12.2. The number of carbonyl (C=O) groups is 1. The van der Waals surface area contributed by atoms with Gasteiger partial charge in [-0.05, 0) is 60.7 Å². The van der Waals surface area contributed by atoms with Gasteiger partial charge in [0.25, 0.3) is 5.91 Å². The monoisotopic (exact) mass is 557 g/mol. The molecule has 0 bridgehead atoms. The summed E-state index contributed by atoms with van der Waals surface area (Å²) in [6, 6.07) is 14.1. The van der Waals surface area contributed by atoms with Crippen molar-refractivity contribution in [3.05, 3.63) is 63.0 Å². The van der Waals surface area contributed by atoms with Crippen molar-refractivity contribution in [3.8, 4) is 0 Å². The molecule has 0 heterocycles. The molecule has 0 aliphatic rings. The molecule has 10 heteroatoms. The molecule has 1 atom stereocenters. The summed E-state index contributed by atoms with van der Waals surface area (Å²) in [6.07, 6.45) is -1.04. The first-order valence-electron chi connectivity index (χ1n) is 7.11. The summed E-state index contributed by atoms with van der Waals surface area (Å²) in [4.78, 5) is 12.4. The molecule has 1 amide bonds. The number of carbonyl (C=O) groups excluding carboxylic acids is 1. The molecule has 1 unspecified atom stereocenters. The van der Waals surface area contributed by atoms with Gasteiger partial charge in [-0.2, -0.15) is 0 Å². The largest absolute Gasteiger partial charge is 0.339 e. The number of halogens is 5. The van der Waals surface area contributed by atoms with Crippen LogP contribution >= 0.6 is 78.9 Å². The molecule has 4 nitrogen and oxygen atoms in total. The van der Waals surface area contributed by atoms with Crippen molar-refractivity contribution in [2.75, 3.05) is 5.32 Å². The van der Waals surface area contributed by atoms with Crippen LogP contribution in [0.2, 0.25) is 0 Å². The highest BCUT2D eigenvalue weighted by Gasteiger charge is 2.34.